The van der Waals surface area contributed by atoms with E-state index in [1.165, 1.54) is 11.0 Å². The second-order valence-corrected chi connectivity index (χ2v) is 8.94. The summed E-state index contributed by atoms with van der Waals surface area (Å²) in [5, 5.41) is 9.65. The molecule has 7 heteroatoms. The van der Waals surface area contributed by atoms with Crippen molar-refractivity contribution >= 4 is 17.7 Å². The molecule has 1 aromatic rings. The van der Waals surface area contributed by atoms with Crippen LogP contribution in [0.1, 0.15) is 65.9 Å². The number of nitrogens with zero attached hydrogens (tertiary/aromatic N) is 1. The van der Waals surface area contributed by atoms with Gasteiger partial charge >= 0.3 is 5.97 Å². The van der Waals surface area contributed by atoms with Crippen LogP contribution in [0.5, 0.6) is 0 Å². The van der Waals surface area contributed by atoms with E-state index < -0.39 is 23.5 Å². The van der Waals surface area contributed by atoms with Crippen molar-refractivity contribution in [3.05, 3.63) is 33.2 Å². The highest BCUT2D eigenvalue weighted by molar-refractivity contribution is 6.02. The number of hydrogen-bond acceptors (Lipinski definition) is 4. The number of aromatic amines is 1. The van der Waals surface area contributed by atoms with Gasteiger partial charge in [0.2, 0.25) is 0 Å². The maximum Gasteiger partial charge on any atom is 0.326 e. The normalized spacial score (nSPS) is 28.7. The number of hydrogen-bond donors (Lipinski definition) is 2. The van der Waals surface area contributed by atoms with Crippen molar-refractivity contribution in [1.82, 2.24) is 9.88 Å². The van der Waals surface area contributed by atoms with Gasteiger partial charge < -0.3 is 15.0 Å². The van der Waals surface area contributed by atoms with Gasteiger partial charge in [0.05, 0.1) is 0 Å². The maximum absolute atomic E-state index is 13.1. The maximum atomic E-state index is 13.1. The molecule has 1 amide bonds. The summed E-state index contributed by atoms with van der Waals surface area (Å²) in [6.07, 6.45) is 3.59. The zero-order valence-electron chi connectivity index (χ0n) is 15.6. The molecule has 0 spiro atoms. The topological polar surface area (TPSA) is 108 Å². The summed E-state index contributed by atoms with van der Waals surface area (Å²) in [5.41, 5.74) is 0.0206. The van der Waals surface area contributed by atoms with E-state index in [0.717, 1.165) is 19.3 Å². The lowest BCUT2D eigenvalue weighted by molar-refractivity contribution is -0.142. The number of carboxylic acids is 1. The number of likely N-dealkylation sites (tertiary alicyclic amines) is 1. The van der Waals surface area contributed by atoms with Gasteiger partial charge in [-0.15, -0.1) is 0 Å². The first-order chi connectivity index (χ1) is 12.7. The number of nitrogens with one attached hydrogen (secondary N) is 1. The molecule has 2 N–H and O–H groups in total. The zero-order valence-corrected chi connectivity index (χ0v) is 15.6. The SMILES string of the molecule is CC1(C)CC(=O)c2cc(C(=O)N3CC4CCCC4C3C(=O)O)c(=O)[nH]c2C1. The summed E-state index contributed by atoms with van der Waals surface area (Å²) in [6, 6.07) is 0.483. The third kappa shape index (κ3) is 2.89. The van der Waals surface area contributed by atoms with Crippen LogP contribution in [0.25, 0.3) is 0 Å². The number of Topliss-reactive ketones (excluding diaryl/α,β-unsaturated/α-hetero) is 1. The van der Waals surface area contributed by atoms with Gasteiger partial charge in [-0.05, 0) is 42.6 Å². The van der Waals surface area contributed by atoms with Gasteiger partial charge in [0.1, 0.15) is 11.6 Å². The fraction of sp³-hybridized carbons (Fsp3) is 0.600. The van der Waals surface area contributed by atoms with Crippen LogP contribution in [-0.2, 0) is 11.2 Å². The van der Waals surface area contributed by atoms with Crippen molar-refractivity contribution in [3.63, 3.8) is 0 Å². The summed E-state index contributed by atoms with van der Waals surface area (Å²) < 4.78 is 0. The predicted octanol–water partition coefficient (Wildman–Crippen LogP) is 1.86. The average molecular weight is 372 g/mol. The lowest BCUT2D eigenvalue weighted by Gasteiger charge is -2.30. The molecule has 2 aliphatic carbocycles. The first kappa shape index (κ1) is 17.9. The third-order valence-corrected chi connectivity index (χ3v) is 6.35. The molecule has 2 fully saturated rings. The van der Waals surface area contributed by atoms with Gasteiger partial charge in [-0.2, -0.15) is 0 Å². The molecule has 7 nitrogen and oxygen atoms in total. The molecule has 0 aromatic carbocycles. The monoisotopic (exact) mass is 372 g/mol. The number of aromatic nitrogens is 1. The molecule has 4 rings (SSSR count). The summed E-state index contributed by atoms with van der Waals surface area (Å²) >= 11 is 0. The number of pyridine rings is 1. The minimum absolute atomic E-state index is 0.0504. The molecule has 1 saturated carbocycles. The first-order valence-corrected chi connectivity index (χ1v) is 9.51. The Labute approximate surface area is 156 Å². The molecule has 2 heterocycles. The predicted molar refractivity (Wildman–Crippen MR) is 96.8 cm³/mol. The lowest BCUT2D eigenvalue weighted by Crippen LogP contribution is -2.45. The summed E-state index contributed by atoms with van der Waals surface area (Å²) in [5.74, 6) is -1.58. The van der Waals surface area contributed by atoms with E-state index in [1.54, 1.807) is 0 Å². The minimum atomic E-state index is -1.02. The molecule has 0 radical (unpaired) electrons. The van der Waals surface area contributed by atoms with Crippen molar-refractivity contribution in [2.45, 2.75) is 52.0 Å². The fourth-order valence-electron chi connectivity index (χ4n) is 5.17. The summed E-state index contributed by atoms with van der Waals surface area (Å²) in [4.78, 5) is 54.0. The Bertz CT molecular complexity index is 900. The Kier molecular flexibility index (Phi) is 4.01. The lowest BCUT2D eigenvalue weighted by atomic mass is 9.75. The molecule has 3 atom stereocenters. The second kappa shape index (κ2) is 6.04. The highest BCUT2D eigenvalue weighted by Gasteiger charge is 2.50. The van der Waals surface area contributed by atoms with E-state index in [2.05, 4.69) is 4.98 Å². The highest BCUT2D eigenvalue weighted by atomic mass is 16.4. The van der Waals surface area contributed by atoms with Crippen LogP contribution >= 0.6 is 0 Å². The largest absolute Gasteiger partial charge is 0.480 e. The molecular weight excluding hydrogens is 348 g/mol. The molecule has 3 unspecified atom stereocenters. The molecule has 3 aliphatic rings. The van der Waals surface area contributed by atoms with E-state index in [1.807, 2.05) is 13.8 Å². The van der Waals surface area contributed by atoms with Gasteiger partial charge in [-0.3, -0.25) is 14.4 Å². The Hall–Kier alpha value is -2.44. The van der Waals surface area contributed by atoms with Gasteiger partial charge in [0.25, 0.3) is 11.5 Å². The van der Waals surface area contributed by atoms with Crippen LogP contribution < -0.4 is 5.56 Å². The molecule has 0 bridgehead atoms. The molecule has 144 valence electrons. The fourth-order valence-corrected chi connectivity index (χ4v) is 5.17. The number of rotatable bonds is 2. The number of fused-ring (bicyclic) bond motifs is 2. The molecule has 1 aromatic heterocycles. The van der Waals surface area contributed by atoms with Crippen molar-refractivity contribution in [2.24, 2.45) is 17.3 Å². The number of aliphatic carboxylic acids is 1. The Balaban J connectivity index is 1.71. The van der Waals surface area contributed by atoms with Crippen LogP contribution in [0, 0.1) is 17.3 Å². The van der Waals surface area contributed by atoms with Crippen molar-refractivity contribution in [1.29, 1.82) is 0 Å². The van der Waals surface area contributed by atoms with E-state index in [4.69, 9.17) is 0 Å². The number of carbonyl (C=O) groups excluding carboxylic acids is 2. The number of amides is 1. The van der Waals surface area contributed by atoms with Crippen LogP contribution in [0.3, 0.4) is 0 Å². The van der Waals surface area contributed by atoms with Gasteiger partial charge in [-0.25, -0.2) is 4.79 Å². The summed E-state index contributed by atoms with van der Waals surface area (Å²) in [7, 11) is 0. The molecular formula is C20H24N2O5. The molecule has 1 aliphatic heterocycles. The molecule has 27 heavy (non-hydrogen) atoms. The third-order valence-electron chi connectivity index (χ3n) is 6.35. The second-order valence-electron chi connectivity index (χ2n) is 8.94. The Morgan fingerprint density at radius 1 is 1.22 bits per heavy atom. The number of carboxylic acid groups (broad SMARTS) is 1. The van der Waals surface area contributed by atoms with Crippen LogP contribution in [0.2, 0.25) is 0 Å². The van der Waals surface area contributed by atoms with Crippen LogP contribution in [-0.4, -0.2) is 45.2 Å². The van der Waals surface area contributed by atoms with Crippen molar-refractivity contribution in [3.8, 4) is 0 Å². The number of ketones is 1. The smallest absolute Gasteiger partial charge is 0.326 e. The first-order valence-electron chi connectivity index (χ1n) is 9.51. The highest BCUT2D eigenvalue weighted by Crippen LogP contribution is 2.42. The van der Waals surface area contributed by atoms with Gasteiger partial charge in [0.15, 0.2) is 5.78 Å². The zero-order chi connectivity index (χ0) is 19.5. The Morgan fingerprint density at radius 3 is 2.67 bits per heavy atom. The van der Waals surface area contributed by atoms with Gasteiger partial charge in [-0.1, -0.05) is 20.3 Å². The number of H-pyrrole nitrogens is 1. The van der Waals surface area contributed by atoms with Crippen LogP contribution in [0.4, 0.5) is 0 Å². The average Bonchev–Trinajstić information content (AvgIpc) is 3.12. The van der Waals surface area contributed by atoms with E-state index in [0.29, 0.717) is 30.6 Å². The standard InChI is InChI=1S/C20H24N2O5/c1-20(2)7-14-12(15(23)8-20)6-13(17(24)21-14)18(25)22-9-10-4-3-5-11(10)16(22)19(26)27/h6,10-11,16H,3-5,7-9H2,1-2H3,(H,21,24)(H,26,27). The Morgan fingerprint density at radius 2 is 1.96 bits per heavy atom. The van der Waals surface area contributed by atoms with E-state index in [-0.39, 0.29) is 28.6 Å². The van der Waals surface area contributed by atoms with Crippen LogP contribution in [0.15, 0.2) is 10.9 Å². The summed E-state index contributed by atoms with van der Waals surface area (Å²) in [6.45, 7) is 4.29. The minimum Gasteiger partial charge on any atom is -0.480 e. The van der Waals surface area contributed by atoms with E-state index in [9.17, 15) is 24.3 Å². The van der Waals surface area contributed by atoms with Gasteiger partial charge in [0, 0.05) is 24.2 Å². The molecule has 1 saturated heterocycles. The quantitative estimate of drug-likeness (QED) is 0.824. The van der Waals surface area contributed by atoms with Crippen molar-refractivity contribution < 1.29 is 19.5 Å². The van der Waals surface area contributed by atoms with Crippen molar-refractivity contribution in [2.75, 3.05) is 6.54 Å². The number of carbonyl (C=O) groups is 3. The van der Waals surface area contributed by atoms with E-state index >= 15 is 0 Å².